The third-order valence-corrected chi connectivity index (χ3v) is 3.26. The number of imidazole rings is 1. The van der Waals surface area contributed by atoms with Gasteiger partial charge in [-0.2, -0.15) is 13.2 Å². The fourth-order valence-corrected chi connectivity index (χ4v) is 1.99. The predicted octanol–water partition coefficient (Wildman–Crippen LogP) is 3.69. The van der Waals surface area contributed by atoms with Gasteiger partial charge < -0.3 is 10.3 Å². The average molecular weight is 301 g/mol. The van der Waals surface area contributed by atoms with Crippen LogP contribution in [0.3, 0.4) is 0 Å². The molecule has 2 rings (SSSR count). The van der Waals surface area contributed by atoms with Gasteiger partial charge in [0.15, 0.2) is 0 Å². The highest BCUT2D eigenvalue weighted by Crippen LogP contribution is 2.33. The normalized spacial score (nSPS) is 13.7. The standard InChI is InChI=1S/C14H15F4N3/c1-8(2)13(19)12-6-20-7-21(12)9-3-4-11(15)10(5-9)14(16,17)18/h3-8,13H,19H2,1-2H3. The van der Waals surface area contributed by atoms with Crippen LogP contribution in [-0.2, 0) is 6.18 Å². The molecule has 0 bridgehead atoms. The smallest absolute Gasteiger partial charge is 0.322 e. The van der Waals surface area contributed by atoms with E-state index >= 15 is 0 Å². The Labute approximate surface area is 119 Å². The summed E-state index contributed by atoms with van der Waals surface area (Å²) in [5, 5.41) is 0. The number of nitrogens with two attached hydrogens (primary N) is 1. The van der Waals surface area contributed by atoms with E-state index in [0.29, 0.717) is 5.69 Å². The Morgan fingerprint density at radius 1 is 1.24 bits per heavy atom. The van der Waals surface area contributed by atoms with Crippen LogP contribution in [0.25, 0.3) is 5.69 Å². The van der Waals surface area contributed by atoms with Crippen LogP contribution in [0, 0.1) is 11.7 Å². The van der Waals surface area contributed by atoms with Crippen LogP contribution in [0.5, 0.6) is 0 Å². The van der Waals surface area contributed by atoms with Gasteiger partial charge in [-0.15, -0.1) is 0 Å². The highest BCUT2D eigenvalue weighted by Gasteiger charge is 2.34. The third-order valence-electron chi connectivity index (χ3n) is 3.26. The third kappa shape index (κ3) is 3.07. The molecule has 0 saturated carbocycles. The van der Waals surface area contributed by atoms with E-state index in [1.807, 2.05) is 13.8 Å². The molecular formula is C14H15F4N3. The van der Waals surface area contributed by atoms with E-state index in [1.165, 1.54) is 23.2 Å². The monoisotopic (exact) mass is 301 g/mol. The Bertz CT molecular complexity index is 631. The zero-order valence-electron chi connectivity index (χ0n) is 11.5. The molecular weight excluding hydrogens is 286 g/mol. The van der Waals surface area contributed by atoms with Crippen molar-refractivity contribution in [2.45, 2.75) is 26.1 Å². The number of nitrogens with zero attached hydrogens (tertiary/aromatic N) is 2. The first-order valence-electron chi connectivity index (χ1n) is 6.36. The molecule has 21 heavy (non-hydrogen) atoms. The number of rotatable bonds is 3. The van der Waals surface area contributed by atoms with Crippen molar-refractivity contribution in [3.63, 3.8) is 0 Å². The highest BCUT2D eigenvalue weighted by atomic mass is 19.4. The van der Waals surface area contributed by atoms with Gasteiger partial charge in [-0.3, -0.25) is 0 Å². The second-order valence-corrected chi connectivity index (χ2v) is 5.12. The fraction of sp³-hybridized carbons (Fsp3) is 0.357. The Kier molecular flexibility index (Phi) is 4.04. The lowest BCUT2D eigenvalue weighted by Gasteiger charge is -2.18. The molecule has 0 aliphatic heterocycles. The van der Waals surface area contributed by atoms with Crippen molar-refractivity contribution in [3.8, 4) is 5.69 Å². The number of aromatic nitrogens is 2. The summed E-state index contributed by atoms with van der Waals surface area (Å²) >= 11 is 0. The summed E-state index contributed by atoms with van der Waals surface area (Å²) in [6, 6.07) is 2.44. The van der Waals surface area contributed by atoms with Gasteiger partial charge in [0.25, 0.3) is 0 Å². The highest BCUT2D eigenvalue weighted by molar-refractivity contribution is 5.39. The molecule has 0 aliphatic rings. The van der Waals surface area contributed by atoms with E-state index in [-0.39, 0.29) is 17.6 Å². The lowest BCUT2D eigenvalue weighted by atomic mass is 10.0. The fourth-order valence-electron chi connectivity index (χ4n) is 1.99. The van der Waals surface area contributed by atoms with Crippen molar-refractivity contribution in [2.24, 2.45) is 11.7 Å². The first-order chi connectivity index (χ1) is 9.71. The Balaban J connectivity index is 2.52. The number of benzene rings is 1. The molecule has 1 aromatic carbocycles. The van der Waals surface area contributed by atoms with E-state index < -0.39 is 17.6 Å². The summed E-state index contributed by atoms with van der Waals surface area (Å²) in [4.78, 5) is 3.92. The predicted molar refractivity (Wildman–Crippen MR) is 70.3 cm³/mol. The van der Waals surface area contributed by atoms with E-state index in [1.54, 1.807) is 0 Å². The van der Waals surface area contributed by atoms with Gasteiger partial charge in [-0.05, 0) is 24.1 Å². The summed E-state index contributed by atoms with van der Waals surface area (Å²) in [6.07, 6.45) is -1.88. The first kappa shape index (κ1) is 15.5. The van der Waals surface area contributed by atoms with Gasteiger partial charge >= 0.3 is 6.18 Å². The van der Waals surface area contributed by atoms with Crippen molar-refractivity contribution in [1.82, 2.24) is 9.55 Å². The molecule has 2 aromatic rings. The van der Waals surface area contributed by atoms with Gasteiger partial charge in [0.1, 0.15) is 5.82 Å². The minimum Gasteiger partial charge on any atom is -0.322 e. The molecule has 1 atom stereocenters. The van der Waals surface area contributed by atoms with E-state index in [4.69, 9.17) is 5.73 Å². The number of hydrogen-bond donors (Lipinski definition) is 1. The molecule has 3 nitrogen and oxygen atoms in total. The minimum absolute atomic E-state index is 0.0861. The van der Waals surface area contributed by atoms with E-state index in [0.717, 1.165) is 12.1 Å². The molecule has 0 aliphatic carbocycles. The van der Waals surface area contributed by atoms with Crippen LogP contribution in [0.4, 0.5) is 17.6 Å². The Hall–Kier alpha value is -1.89. The molecule has 7 heteroatoms. The second-order valence-electron chi connectivity index (χ2n) is 5.12. The molecule has 0 spiro atoms. The quantitative estimate of drug-likeness (QED) is 0.879. The summed E-state index contributed by atoms with van der Waals surface area (Å²) < 4.78 is 53.1. The van der Waals surface area contributed by atoms with Crippen LogP contribution in [-0.4, -0.2) is 9.55 Å². The summed E-state index contributed by atoms with van der Waals surface area (Å²) in [7, 11) is 0. The largest absolute Gasteiger partial charge is 0.419 e. The summed E-state index contributed by atoms with van der Waals surface area (Å²) in [5.74, 6) is -1.22. The van der Waals surface area contributed by atoms with Gasteiger partial charge in [0.05, 0.1) is 23.8 Å². The lowest BCUT2D eigenvalue weighted by Crippen LogP contribution is -2.20. The molecule has 0 radical (unpaired) electrons. The Morgan fingerprint density at radius 3 is 2.48 bits per heavy atom. The van der Waals surface area contributed by atoms with Crippen molar-refractivity contribution in [3.05, 3.63) is 47.8 Å². The molecule has 2 N–H and O–H groups in total. The lowest BCUT2D eigenvalue weighted by molar-refractivity contribution is -0.140. The van der Waals surface area contributed by atoms with Crippen LogP contribution in [0.15, 0.2) is 30.7 Å². The van der Waals surface area contributed by atoms with Crippen molar-refractivity contribution < 1.29 is 17.6 Å². The van der Waals surface area contributed by atoms with Crippen molar-refractivity contribution >= 4 is 0 Å². The van der Waals surface area contributed by atoms with E-state index in [2.05, 4.69) is 4.98 Å². The average Bonchev–Trinajstić information content (AvgIpc) is 2.86. The maximum absolute atomic E-state index is 13.3. The number of hydrogen-bond acceptors (Lipinski definition) is 2. The van der Waals surface area contributed by atoms with Crippen LogP contribution >= 0.6 is 0 Å². The van der Waals surface area contributed by atoms with Crippen LogP contribution in [0.1, 0.15) is 31.1 Å². The SMILES string of the molecule is CC(C)C(N)c1cncn1-c1ccc(F)c(C(F)(F)F)c1. The van der Waals surface area contributed by atoms with Gasteiger partial charge in [0.2, 0.25) is 0 Å². The topological polar surface area (TPSA) is 43.8 Å². The maximum Gasteiger partial charge on any atom is 0.419 e. The summed E-state index contributed by atoms with van der Waals surface area (Å²) in [5.41, 5.74) is 5.46. The molecule has 1 heterocycles. The van der Waals surface area contributed by atoms with Gasteiger partial charge in [-0.25, -0.2) is 9.37 Å². The molecule has 1 unspecified atom stereocenters. The van der Waals surface area contributed by atoms with E-state index in [9.17, 15) is 17.6 Å². The van der Waals surface area contributed by atoms with Gasteiger partial charge in [-0.1, -0.05) is 13.8 Å². The van der Waals surface area contributed by atoms with Crippen LogP contribution in [0.2, 0.25) is 0 Å². The number of halogens is 4. The molecule has 0 amide bonds. The summed E-state index contributed by atoms with van der Waals surface area (Å²) in [6.45, 7) is 3.79. The molecule has 0 saturated heterocycles. The zero-order valence-corrected chi connectivity index (χ0v) is 11.5. The minimum atomic E-state index is -4.75. The maximum atomic E-state index is 13.3. The molecule has 114 valence electrons. The van der Waals surface area contributed by atoms with Crippen LogP contribution < -0.4 is 5.73 Å². The zero-order chi connectivity index (χ0) is 15.8. The first-order valence-corrected chi connectivity index (χ1v) is 6.36. The number of alkyl halides is 3. The van der Waals surface area contributed by atoms with Crippen molar-refractivity contribution in [1.29, 1.82) is 0 Å². The Morgan fingerprint density at radius 2 is 1.90 bits per heavy atom. The second kappa shape index (κ2) is 5.48. The van der Waals surface area contributed by atoms with Gasteiger partial charge in [0, 0.05) is 11.7 Å². The van der Waals surface area contributed by atoms with Crippen molar-refractivity contribution in [2.75, 3.05) is 0 Å². The molecule has 0 fully saturated rings. The molecule has 1 aromatic heterocycles.